The van der Waals surface area contributed by atoms with Crippen LogP contribution in [0.25, 0.3) is 0 Å². The van der Waals surface area contributed by atoms with E-state index in [2.05, 4.69) is 15.5 Å². The minimum absolute atomic E-state index is 0.222. The Balaban J connectivity index is 2.04. The molecule has 0 aromatic rings. The van der Waals surface area contributed by atoms with Crippen LogP contribution in [0.4, 0.5) is 4.39 Å². The third kappa shape index (κ3) is 4.13. The van der Waals surface area contributed by atoms with Crippen LogP contribution in [0.15, 0.2) is 63.8 Å². The molecular formula is C17H21FN2OS. The van der Waals surface area contributed by atoms with E-state index in [0.29, 0.717) is 6.42 Å². The van der Waals surface area contributed by atoms with Crippen LogP contribution < -0.4 is 0 Å². The van der Waals surface area contributed by atoms with Crippen LogP contribution in [-0.4, -0.2) is 23.0 Å². The van der Waals surface area contributed by atoms with Crippen LogP contribution in [0.3, 0.4) is 0 Å². The number of thioether (sulfide) groups is 1. The molecule has 1 atom stereocenters. The molecule has 2 rings (SSSR count). The Morgan fingerprint density at radius 3 is 2.77 bits per heavy atom. The molecule has 3 nitrogen and oxygen atoms in total. The minimum Gasteiger partial charge on any atom is -0.364 e. The van der Waals surface area contributed by atoms with Crippen molar-refractivity contribution in [1.29, 1.82) is 0 Å². The lowest BCUT2D eigenvalue weighted by Crippen LogP contribution is -2.21. The van der Waals surface area contributed by atoms with Crippen LogP contribution in [0.5, 0.6) is 0 Å². The van der Waals surface area contributed by atoms with Crippen molar-refractivity contribution >= 4 is 17.5 Å². The van der Waals surface area contributed by atoms with Gasteiger partial charge in [-0.3, -0.25) is 0 Å². The molecule has 0 radical (unpaired) electrons. The van der Waals surface area contributed by atoms with E-state index in [9.17, 15) is 4.39 Å². The summed E-state index contributed by atoms with van der Waals surface area (Å²) < 4.78 is 13.2. The summed E-state index contributed by atoms with van der Waals surface area (Å²) >= 11 is 1.74. The van der Waals surface area contributed by atoms with Crippen LogP contribution in [0.1, 0.15) is 27.2 Å². The second kappa shape index (κ2) is 7.49. The van der Waals surface area contributed by atoms with Crippen molar-refractivity contribution in [1.82, 2.24) is 4.90 Å². The molecule has 0 fully saturated rings. The van der Waals surface area contributed by atoms with Gasteiger partial charge in [-0.2, -0.15) is 0 Å². The molecule has 1 unspecified atom stereocenters. The van der Waals surface area contributed by atoms with Crippen LogP contribution in [0.2, 0.25) is 0 Å². The Morgan fingerprint density at radius 1 is 1.32 bits per heavy atom. The second-order valence-corrected chi connectivity index (χ2v) is 6.25. The number of allylic oxidation sites excluding steroid dienone is 7. The van der Waals surface area contributed by atoms with E-state index in [0.717, 1.165) is 22.6 Å². The highest BCUT2D eigenvalue weighted by Crippen LogP contribution is 2.30. The lowest BCUT2D eigenvalue weighted by atomic mass is 10.1. The zero-order valence-electron chi connectivity index (χ0n) is 13.3. The number of oxime groups is 1. The van der Waals surface area contributed by atoms with Crippen molar-refractivity contribution < 1.29 is 9.23 Å². The SMILES string of the molecule is C/C(=N\O/C(C)=C(\C)C1SC=CN1C)C1=CCC=C(F)C=C1. The molecule has 0 amide bonds. The van der Waals surface area contributed by atoms with Gasteiger partial charge in [-0.25, -0.2) is 4.39 Å². The van der Waals surface area contributed by atoms with E-state index in [-0.39, 0.29) is 11.2 Å². The zero-order chi connectivity index (χ0) is 16.1. The first-order valence-corrected chi connectivity index (χ1v) is 8.10. The highest BCUT2D eigenvalue weighted by atomic mass is 32.2. The van der Waals surface area contributed by atoms with Crippen LogP contribution in [0, 0.1) is 0 Å². The number of nitrogens with zero attached hydrogens (tertiary/aromatic N) is 2. The van der Waals surface area contributed by atoms with E-state index >= 15 is 0 Å². The molecule has 0 spiro atoms. The van der Waals surface area contributed by atoms with Crippen LogP contribution >= 0.6 is 11.8 Å². The topological polar surface area (TPSA) is 24.8 Å². The molecule has 1 aliphatic carbocycles. The summed E-state index contributed by atoms with van der Waals surface area (Å²) in [7, 11) is 2.04. The lowest BCUT2D eigenvalue weighted by molar-refractivity contribution is 0.222. The fourth-order valence-electron chi connectivity index (χ4n) is 2.10. The number of halogens is 1. The molecule has 22 heavy (non-hydrogen) atoms. The number of hydrogen-bond donors (Lipinski definition) is 0. The summed E-state index contributed by atoms with van der Waals surface area (Å²) in [6, 6.07) is 0. The maximum Gasteiger partial charge on any atom is 0.133 e. The van der Waals surface area contributed by atoms with Gasteiger partial charge in [-0.05, 0) is 50.3 Å². The van der Waals surface area contributed by atoms with Gasteiger partial charge in [0.05, 0.1) is 5.71 Å². The first-order valence-electron chi connectivity index (χ1n) is 7.16. The second-order valence-electron chi connectivity index (χ2n) is 5.26. The number of hydrogen-bond acceptors (Lipinski definition) is 4. The highest BCUT2D eigenvalue weighted by Gasteiger charge is 2.20. The first kappa shape index (κ1) is 16.6. The Kier molecular flexibility index (Phi) is 5.66. The highest BCUT2D eigenvalue weighted by molar-refractivity contribution is 8.03. The average Bonchev–Trinajstić information content (AvgIpc) is 2.80. The molecule has 0 bridgehead atoms. The summed E-state index contributed by atoms with van der Waals surface area (Å²) in [5, 5.41) is 6.50. The summed E-state index contributed by atoms with van der Waals surface area (Å²) in [5.74, 6) is 0.565. The molecule has 1 heterocycles. The van der Waals surface area contributed by atoms with Crippen molar-refractivity contribution in [2.75, 3.05) is 7.05 Å². The van der Waals surface area contributed by atoms with E-state index < -0.39 is 0 Å². The molecule has 118 valence electrons. The minimum atomic E-state index is -0.222. The number of rotatable bonds is 4. The van der Waals surface area contributed by atoms with Gasteiger partial charge in [0.15, 0.2) is 0 Å². The van der Waals surface area contributed by atoms with Gasteiger partial charge in [-0.1, -0.05) is 17.3 Å². The third-order valence-electron chi connectivity index (χ3n) is 3.61. The van der Waals surface area contributed by atoms with Gasteiger partial charge >= 0.3 is 0 Å². The van der Waals surface area contributed by atoms with Crippen molar-refractivity contribution in [3.8, 4) is 0 Å². The molecule has 1 aliphatic heterocycles. The Hall–Kier alpha value is -1.75. The lowest BCUT2D eigenvalue weighted by Gasteiger charge is -2.21. The molecule has 0 aromatic heterocycles. The van der Waals surface area contributed by atoms with Gasteiger partial charge in [0.2, 0.25) is 0 Å². The third-order valence-corrected chi connectivity index (χ3v) is 4.83. The first-order chi connectivity index (χ1) is 10.5. The van der Waals surface area contributed by atoms with Gasteiger partial charge < -0.3 is 9.74 Å². The molecule has 0 saturated carbocycles. The van der Waals surface area contributed by atoms with E-state index in [1.165, 1.54) is 12.2 Å². The van der Waals surface area contributed by atoms with Crippen molar-refractivity contribution in [3.63, 3.8) is 0 Å². The fraction of sp³-hybridized carbons (Fsp3) is 0.353. The molecule has 5 heteroatoms. The Morgan fingerprint density at radius 2 is 2.09 bits per heavy atom. The Bertz CT molecular complexity index is 614. The summed E-state index contributed by atoms with van der Waals surface area (Å²) in [4.78, 5) is 7.69. The molecule has 2 aliphatic rings. The molecular weight excluding hydrogens is 299 g/mol. The largest absolute Gasteiger partial charge is 0.364 e. The van der Waals surface area contributed by atoms with Crippen molar-refractivity contribution in [2.45, 2.75) is 32.6 Å². The van der Waals surface area contributed by atoms with E-state index in [1.54, 1.807) is 17.8 Å². The maximum atomic E-state index is 13.2. The van der Waals surface area contributed by atoms with E-state index in [4.69, 9.17) is 4.84 Å². The Labute approximate surface area is 135 Å². The van der Waals surface area contributed by atoms with Crippen molar-refractivity contribution in [3.05, 3.63) is 58.6 Å². The average molecular weight is 320 g/mol. The smallest absolute Gasteiger partial charge is 0.133 e. The zero-order valence-corrected chi connectivity index (χ0v) is 14.2. The fourth-order valence-corrected chi connectivity index (χ4v) is 3.14. The van der Waals surface area contributed by atoms with Crippen molar-refractivity contribution in [2.24, 2.45) is 5.16 Å². The van der Waals surface area contributed by atoms with Gasteiger partial charge in [0.1, 0.15) is 17.0 Å². The predicted octanol–water partition coefficient (Wildman–Crippen LogP) is 4.89. The maximum absolute atomic E-state index is 13.2. The van der Waals surface area contributed by atoms with Gasteiger partial charge in [-0.15, -0.1) is 11.8 Å². The van der Waals surface area contributed by atoms with Gasteiger partial charge in [0.25, 0.3) is 0 Å². The summed E-state index contributed by atoms with van der Waals surface area (Å²) in [6.07, 6.45) is 9.24. The molecule has 0 saturated heterocycles. The molecule has 0 aromatic carbocycles. The van der Waals surface area contributed by atoms with Crippen LogP contribution in [-0.2, 0) is 4.84 Å². The number of likely N-dealkylation sites (N-methyl/N-ethyl adjacent to an activating group) is 1. The van der Waals surface area contributed by atoms with E-state index in [1.807, 2.05) is 40.1 Å². The summed E-state index contributed by atoms with van der Waals surface area (Å²) in [6.45, 7) is 5.82. The predicted molar refractivity (Wildman–Crippen MR) is 91.9 cm³/mol. The molecule has 0 N–H and O–H groups in total. The monoisotopic (exact) mass is 320 g/mol. The quantitative estimate of drug-likeness (QED) is 0.419. The summed E-state index contributed by atoms with van der Waals surface area (Å²) in [5.41, 5.74) is 2.74. The van der Waals surface area contributed by atoms with Gasteiger partial charge in [0, 0.05) is 18.8 Å². The standard InChI is InChI=1S/C17H21FN2OS/c1-12(17-20(4)10-11-22-17)14(3)21-19-13(2)15-6-5-7-16(18)9-8-15/h6-11,17H,5H2,1-4H3/b14-12+,19-13+. The normalized spacial score (nSPS) is 23.0.